The number of aliphatic hydroxyl groups is 1. The van der Waals surface area contributed by atoms with Gasteiger partial charge in [0.2, 0.25) is 0 Å². The third-order valence-corrected chi connectivity index (χ3v) is 3.54. The van der Waals surface area contributed by atoms with Crippen molar-refractivity contribution < 1.29 is 14.9 Å². The van der Waals surface area contributed by atoms with Crippen LogP contribution in [0.15, 0.2) is 24.8 Å². The SMILES string of the molecule is C=CC1CC(C(C)(C)O)Oc2cc(C)c(O)cc21. The number of phenols is 1. The predicted octanol–water partition coefficient (Wildman–Crippen LogP) is 2.89. The maximum atomic E-state index is 10.1. The first-order valence-corrected chi connectivity index (χ1v) is 6.18. The van der Waals surface area contributed by atoms with E-state index in [2.05, 4.69) is 6.58 Å². The molecule has 0 radical (unpaired) electrons. The van der Waals surface area contributed by atoms with Gasteiger partial charge in [0.15, 0.2) is 0 Å². The van der Waals surface area contributed by atoms with E-state index in [-0.39, 0.29) is 17.8 Å². The van der Waals surface area contributed by atoms with Crippen LogP contribution in [0.25, 0.3) is 0 Å². The van der Waals surface area contributed by atoms with Crippen molar-refractivity contribution in [1.82, 2.24) is 0 Å². The Morgan fingerprint density at radius 1 is 1.44 bits per heavy atom. The Kier molecular flexibility index (Phi) is 3.11. The molecule has 1 aromatic rings. The lowest BCUT2D eigenvalue weighted by molar-refractivity contribution is -0.0448. The Hall–Kier alpha value is -1.48. The molecule has 2 N–H and O–H groups in total. The van der Waals surface area contributed by atoms with E-state index < -0.39 is 5.60 Å². The van der Waals surface area contributed by atoms with Crippen molar-refractivity contribution in [2.45, 2.75) is 44.8 Å². The topological polar surface area (TPSA) is 49.7 Å². The number of ether oxygens (including phenoxy) is 1. The van der Waals surface area contributed by atoms with Crippen LogP contribution in [-0.2, 0) is 0 Å². The Bertz CT molecular complexity index is 471. The maximum absolute atomic E-state index is 10.1. The minimum absolute atomic E-state index is 0.0941. The number of rotatable bonds is 2. The van der Waals surface area contributed by atoms with Gasteiger partial charge in [-0.25, -0.2) is 0 Å². The number of hydrogen-bond donors (Lipinski definition) is 2. The fourth-order valence-electron chi connectivity index (χ4n) is 2.29. The van der Waals surface area contributed by atoms with Gasteiger partial charge in [-0.15, -0.1) is 6.58 Å². The van der Waals surface area contributed by atoms with Gasteiger partial charge in [0, 0.05) is 11.5 Å². The van der Waals surface area contributed by atoms with E-state index >= 15 is 0 Å². The normalized spacial score (nSPS) is 23.1. The van der Waals surface area contributed by atoms with E-state index in [9.17, 15) is 10.2 Å². The molecule has 0 saturated carbocycles. The van der Waals surface area contributed by atoms with E-state index in [1.165, 1.54) is 0 Å². The molecule has 0 aromatic heterocycles. The lowest BCUT2D eigenvalue weighted by Gasteiger charge is -2.37. The standard InChI is InChI=1S/C15H20O3/c1-5-10-7-14(15(3,4)17)18-13-6-9(2)12(16)8-11(10)13/h5-6,8,10,14,16-17H,1,7H2,2-4H3. The van der Waals surface area contributed by atoms with Crippen molar-refractivity contribution in [3.63, 3.8) is 0 Å². The molecule has 2 unspecified atom stereocenters. The number of benzene rings is 1. The molecule has 1 aliphatic rings. The Balaban J connectivity index is 2.45. The summed E-state index contributed by atoms with van der Waals surface area (Å²) in [6.07, 6.45) is 2.24. The van der Waals surface area contributed by atoms with Gasteiger partial charge in [0.05, 0.1) is 5.60 Å². The van der Waals surface area contributed by atoms with Crippen molar-refractivity contribution in [1.29, 1.82) is 0 Å². The monoisotopic (exact) mass is 248 g/mol. The molecule has 1 heterocycles. The van der Waals surface area contributed by atoms with Gasteiger partial charge in [-0.05, 0) is 44.9 Å². The largest absolute Gasteiger partial charge is 0.508 e. The number of aromatic hydroxyl groups is 1. The van der Waals surface area contributed by atoms with Gasteiger partial charge < -0.3 is 14.9 Å². The van der Waals surface area contributed by atoms with Crippen LogP contribution >= 0.6 is 0 Å². The van der Waals surface area contributed by atoms with E-state index in [0.29, 0.717) is 6.42 Å². The Morgan fingerprint density at radius 2 is 2.11 bits per heavy atom. The summed E-state index contributed by atoms with van der Waals surface area (Å²) in [5.41, 5.74) is 0.812. The molecular formula is C15H20O3. The Labute approximate surface area is 108 Å². The third kappa shape index (κ3) is 2.23. The third-order valence-electron chi connectivity index (χ3n) is 3.54. The van der Waals surface area contributed by atoms with E-state index in [0.717, 1.165) is 16.9 Å². The van der Waals surface area contributed by atoms with Gasteiger partial charge >= 0.3 is 0 Å². The van der Waals surface area contributed by atoms with Crippen molar-refractivity contribution >= 4 is 0 Å². The van der Waals surface area contributed by atoms with Crippen LogP contribution < -0.4 is 4.74 Å². The van der Waals surface area contributed by atoms with E-state index in [1.807, 2.05) is 19.1 Å². The van der Waals surface area contributed by atoms with Crippen LogP contribution in [0.5, 0.6) is 11.5 Å². The molecule has 0 amide bonds. The highest BCUT2D eigenvalue weighted by molar-refractivity contribution is 5.49. The first-order valence-electron chi connectivity index (χ1n) is 6.18. The molecule has 2 rings (SSSR count). The van der Waals surface area contributed by atoms with Crippen molar-refractivity contribution in [2.24, 2.45) is 0 Å². The molecule has 0 aliphatic carbocycles. The van der Waals surface area contributed by atoms with Crippen molar-refractivity contribution in [3.05, 3.63) is 35.9 Å². The zero-order chi connectivity index (χ0) is 13.5. The van der Waals surface area contributed by atoms with Crippen molar-refractivity contribution in [2.75, 3.05) is 0 Å². The molecular weight excluding hydrogens is 228 g/mol. The maximum Gasteiger partial charge on any atom is 0.128 e. The zero-order valence-electron chi connectivity index (χ0n) is 11.1. The minimum atomic E-state index is -0.898. The summed E-state index contributed by atoms with van der Waals surface area (Å²) in [6, 6.07) is 3.55. The summed E-state index contributed by atoms with van der Waals surface area (Å²) in [5.74, 6) is 1.09. The highest BCUT2D eigenvalue weighted by Crippen LogP contribution is 2.42. The lowest BCUT2D eigenvalue weighted by Crippen LogP contribution is -2.43. The molecule has 1 aliphatic heterocycles. The summed E-state index contributed by atoms with van der Waals surface area (Å²) >= 11 is 0. The Morgan fingerprint density at radius 3 is 2.67 bits per heavy atom. The van der Waals surface area contributed by atoms with E-state index in [1.54, 1.807) is 19.9 Å². The first kappa shape index (κ1) is 13.0. The van der Waals surface area contributed by atoms with Gasteiger partial charge in [-0.2, -0.15) is 0 Å². The number of hydrogen-bond acceptors (Lipinski definition) is 3. The van der Waals surface area contributed by atoms with Gasteiger partial charge in [-0.1, -0.05) is 6.08 Å². The second-order valence-corrected chi connectivity index (χ2v) is 5.51. The number of aryl methyl sites for hydroxylation is 1. The first-order chi connectivity index (χ1) is 8.32. The van der Waals surface area contributed by atoms with Crippen LogP contribution in [0.4, 0.5) is 0 Å². The molecule has 0 saturated heterocycles. The average Bonchev–Trinajstić information content (AvgIpc) is 2.28. The second-order valence-electron chi connectivity index (χ2n) is 5.51. The summed E-state index contributed by atoms with van der Waals surface area (Å²) in [6.45, 7) is 9.15. The number of fused-ring (bicyclic) bond motifs is 1. The smallest absolute Gasteiger partial charge is 0.128 e. The molecule has 0 fully saturated rings. The van der Waals surface area contributed by atoms with Gasteiger partial charge in [-0.3, -0.25) is 0 Å². The number of allylic oxidation sites excluding steroid dienone is 1. The molecule has 3 heteroatoms. The fraction of sp³-hybridized carbons (Fsp3) is 0.467. The molecule has 2 atom stereocenters. The van der Waals surface area contributed by atoms with Crippen LogP contribution in [0.2, 0.25) is 0 Å². The van der Waals surface area contributed by atoms with Gasteiger partial charge in [0.25, 0.3) is 0 Å². The van der Waals surface area contributed by atoms with Crippen molar-refractivity contribution in [3.8, 4) is 11.5 Å². The van der Waals surface area contributed by atoms with Crippen LogP contribution in [0.1, 0.15) is 37.3 Å². The highest BCUT2D eigenvalue weighted by atomic mass is 16.5. The molecule has 0 bridgehead atoms. The summed E-state index contributed by atoms with van der Waals surface area (Å²) in [7, 11) is 0. The summed E-state index contributed by atoms with van der Waals surface area (Å²) in [5, 5.41) is 19.9. The fourth-order valence-corrected chi connectivity index (χ4v) is 2.29. The predicted molar refractivity (Wildman–Crippen MR) is 71.1 cm³/mol. The quantitative estimate of drug-likeness (QED) is 0.791. The lowest BCUT2D eigenvalue weighted by atomic mass is 9.84. The number of phenolic OH excluding ortho intramolecular Hbond substituents is 1. The average molecular weight is 248 g/mol. The molecule has 1 aromatic carbocycles. The zero-order valence-corrected chi connectivity index (χ0v) is 11.1. The van der Waals surface area contributed by atoms with E-state index in [4.69, 9.17) is 4.74 Å². The molecule has 98 valence electrons. The van der Waals surface area contributed by atoms with Crippen LogP contribution in [0.3, 0.4) is 0 Å². The molecule has 0 spiro atoms. The second kappa shape index (κ2) is 4.32. The van der Waals surface area contributed by atoms with Crippen LogP contribution in [-0.4, -0.2) is 21.9 Å². The van der Waals surface area contributed by atoms with Gasteiger partial charge in [0.1, 0.15) is 17.6 Å². The highest BCUT2D eigenvalue weighted by Gasteiger charge is 2.36. The minimum Gasteiger partial charge on any atom is -0.508 e. The molecule has 18 heavy (non-hydrogen) atoms. The molecule has 3 nitrogen and oxygen atoms in total. The van der Waals surface area contributed by atoms with Crippen LogP contribution in [0, 0.1) is 6.92 Å². The summed E-state index contributed by atoms with van der Waals surface area (Å²) < 4.78 is 5.86. The summed E-state index contributed by atoms with van der Waals surface area (Å²) in [4.78, 5) is 0.